The molecule has 0 saturated carbocycles. The predicted octanol–water partition coefficient (Wildman–Crippen LogP) is 0.295. The molecule has 0 N–H and O–H groups in total. The molecule has 74 valence electrons. The van der Waals surface area contributed by atoms with E-state index in [9.17, 15) is 4.39 Å². The molecule has 2 radical (unpaired) electrons. The van der Waals surface area contributed by atoms with Crippen molar-refractivity contribution in [2.75, 3.05) is 18.0 Å². The highest BCUT2D eigenvalue weighted by Crippen LogP contribution is 2.22. The van der Waals surface area contributed by atoms with Gasteiger partial charge in [-0.3, -0.25) is 0 Å². The summed E-state index contributed by atoms with van der Waals surface area (Å²) in [6, 6.07) is 3.58. The van der Waals surface area contributed by atoms with Crippen LogP contribution in [0.15, 0.2) is 12.3 Å². The zero-order valence-electron chi connectivity index (χ0n) is 8.15. The molecule has 0 spiro atoms. The first-order valence-electron chi connectivity index (χ1n) is 4.75. The highest BCUT2D eigenvalue weighted by molar-refractivity contribution is 6.32. The van der Waals surface area contributed by atoms with Crippen LogP contribution in [0.1, 0.15) is 12.0 Å². The van der Waals surface area contributed by atoms with Crippen LogP contribution in [-0.2, 0) is 0 Å². The van der Waals surface area contributed by atoms with Gasteiger partial charge in [-0.25, -0.2) is 9.37 Å². The lowest BCUT2D eigenvalue weighted by Crippen LogP contribution is -2.23. The molecule has 1 fully saturated rings. The Kier molecular flexibility index (Phi) is 2.59. The van der Waals surface area contributed by atoms with E-state index in [1.807, 2.05) is 6.07 Å². The second-order valence-electron chi connectivity index (χ2n) is 3.58. The summed E-state index contributed by atoms with van der Waals surface area (Å²) in [7, 11) is 5.52. The van der Waals surface area contributed by atoms with Crippen molar-refractivity contribution in [2.45, 2.75) is 12.6 Å². The average molecular weight is 201 g/mol. The Balaban J connectivity index is 2.32. The van der Waals surface area contributed by atoms with Crippen molar-refractivity contribution in [3.05, 3.63) is 17.8 Å². The number of hydrogen-bond donors (Lipinski definition) is 0. The minimum atomic E-state index is -0.823. The summed E-state index contributed by atoms with van der Waals surface area (Å²) >= 11 is 0. The van der Waals surface area contributed by atoms with E-state index < -0.39 is 6.17 Å². The van der Waals surface area contributed by atoms with Crippen LogP contribution >= 0.6 is 0 Å². The van der Waals surface area contributed by atoms with Gasteiger partial charge in [0.25, 0.3) is 0 Å². The standard InChI is InChI=1S/C10H9BFN3/c11-8-3-7(4-13)10(14-5-8)15-2-1-9(12)6-15/h3,5,9H,1-2,6H2/t9-/m0/s1. The smallest absolute Gasteiger partial charge is 0.146 e. The van der Waals surface area contributed by atoms with Gasteiger partial charge in [-0.15, -0.1) is 0 Å². The maximum atomic E-state index is 13.0. The summed E-state index contributed by atoms with van der Waals surface area (Å²) in [5.74, 6) is 0.534. The second-order valence-corrected chi connectivity index (χ2v) is 3.58. The van der Waals surface area contributed by atoms with Crippen LogP contribution in [0.4, 0.5) is 10.2 Å². The maximum Gasteiger partial charge on any atom is 0.146 e. The van der Waals surface area contributed by atoms with Crippen LogP contribution in [0.3, 0.4) is 0 Å². The summed E-state index contributed by atoms with van der Waals surface area (Å²) in [5, 5.41) is 8.90. The Labute approximate surface area is 88.9 Å². The molecule has 5 heteroatoms. The average Bonchev–Trinajstić information content (AvgIpc) is 2.64. The van der Waals surface area contributed by atoms with E-state index in [0.29, 0.717) is 36.4 Å². The molecular formula is C10H9BFN3. The third kappa shape index (κ3) is 1.94. The Hall–Kier alpha value is -1.57. The molecule has 15 heavy (non-hydrogen) atoms. The van der Waals surface area contributed by atoms with Crippen LogP contribution in [0.2, 0.25) is 0 Å². The first-order chi connectivity index (χ1) is 7.20. The molecule has 0 bridgehead atoms. The van der Waals surface area contributed by atoms with E-state index in [4.69, 9.17) is 13.1 Å². The van der Waals surface area contributed by atoms with E-state index >= 15 is 0 Å². The van der Waals surface area contributed by atoms with Crippen LogP contribution in [-0.4, -0.2) is 32.1 Å². The van der Waals surface area contributed by atoms with E-state index in [1.165, 1.54) is 6.20 Å². The van der Waals surface area contributed by atoms with Crippen molar-refractivity contribution in [2.24, 2.45) is 0 Å². The van der Waals surface area contributed by atoms with Crippen LogP contribution in [0.5, 0.6) is 0 Å². The molecule has 2 heterocycles. The Morgan fingerprint density at radius 3 is 3.07 bits per heavy atom. The van der Waals surface area contributed by atoms with Crippen molar-refractivity contribution in [3.8, 4) is 6.07 Å². The van der Waals surface area contributed by atoms with E-state index in [-0.39, 0.29) is 0 Å². The first-order valence-corrected chi connectivity index (χ1v) is 4.75. The van der Waals surface area contributed by atoms with Crippen molar-refractivity contribution in [1.29, 1.82) is 5.26 Å². The number of aromatic nitrogens is 1. The number of alkyl halides is 1. The summed E-state index contributed by atoms with van der Waals surface area (Å²) in [4.78, 5) is 5.86. The lowest BCUT2D eigenvalue weighted by Gasteiger charge is -2.17. The molecule has 0 aliphatic carbocycles. The lowest BCUT2D eigenvalue weighted by molar-refractivity contribution is 0.364. The molecule has 0 amide bonds. The molecular weight excluding hydrogens is 192 g/mol. The zero-order chi connectivity index (χ0) is 10.8. The first kappa shape index (κ1) is 9.97. The molecule has 2 rings (SSSR count). The van der Waals surface area contributed by atoms with Crippen molar-refractivity contribution in [1.82, 2.24) is 4.98 Å². The third-order valence-corrected chi connectivity index (χ3v) is 2.44. The fourth-order valence-electron chi connectivity index (χ4n) is 1.72. The van der Waals surface area contributed by atoms with Gasteiger partial charge in [0.05, 0.1) is 12.1 Å². The summed E-state index contributed by atoms with van der Waals surface area (Å²) in [5.41, 5.74) is 0.857. The van der Waals surface area contributed by atoms with Gasteiger partial charge in [-0.05, 0) is 12.5 Å². The largest absolute Gasteiger partial charge is 0.353 e. The Bertz CT molecular complexity index is 416. The van der Waals surface area contributed by atoms with Gasteiger partial charge >= 0.3 is 0 Å². The second kappa shape index (κ2) is 3.89. The van der Waals surface area contributed by atoms with Crippen LogP contribution in [0, 0.1) is 11.3 Å². The Morgan fingerprint density at radius 2 is 2.47 bits per heavy atom. The van der Waals surface area contributed by atoms with Crippen molar-refractivity contribution >= 4 is 19.1 Å². The van der Waals surface area contributed by atoms with Gasteiger partial charge in [0.15, 0.2) is 0 Å². The summed E-state index contributed by atoms with van der Waals surface area (Å²) in [6.45, 7) is 0.915. The maximum absolute atomic E-state index is 13.0. The van der Waals surface area contributed by atoms with Crippen LogP contribution < -0.4 is 10.4 Å². The molecule has 3 nitrogen and oxygen atoms in total. The van der Waals surface area contributed by atoms with Gasteiger partial charge in [-0.1, -0.05) is 5.46 Å². The van der Waals surface area contributed by atoms with E-state index in [0.717, 1.165) is 0 Å². The number of nitriles is 1. The Morgan fingerprint density at radius 1 is 1.67 bits per heavy atom. The van der Waals surface area contributed by atoms with E-state index in [1.54, 1.807) is 11.0 Å². The molecule has 1 aliphatic rings. The van der Waals surface area contributed by atoms with Gasteiger partial charge < -0.3 is 4.90 Å². The number of anilines is 1. The fourth-order valence-corrected chi connectivity index (χ4v) is 1.72. The van der Waals surface area contributed by atoms with Crippen molar-refractivity contribution in [3.63, 3.8) is 0 Å². The third-order valence-electron chi connectivity index (χ3n) is 2.44. The number of halogens is 1. The van der Waals surface area contributed by atoms with Gasteiger partial charge in [0.2, 0.25) is 0 Å². The lowest BCUT2D eigenvalue weighted by atomic mass is 9.97. The molecule has 1 saturated heterocycles. The zero-order valence-corrected chi connectivity index (χ0v) is 8.15. The van der Waals surface area contributed by atoms with Crippen LogP contribution in [0.25, 0.3) is 0 Å². The molecule has 1 atom stereocenters. The normalized spacial score (nSPS) is 20.3. The van der Waals surface area contributed by atoms with Gasteiger partial charge in [0.1, 0.15) is 25.9 Å². The molecule has 0 aromatic carbocycles. The summed E-state index contributed by atoms with van der Waals surface area (Å²) < 4.78 is 13.0. The SMILES string of the molecule is [B]c1cnc(N2CC[C@H](F)C2)c(C#N)c1. The minimum Gasteiger partial charge on any atom is -0.353 e. The monoisotopic (exact) mass is 201 g/mol. The van der Waals surface area contributed by atoms with Gasteiger partial charge in [0, 0.05) is 12.7 Å². The topological polar surface area (TPSA) is 39.9 Å². The highest BCUT2D eigenvalue weighted by atomic mass is 19.1. The number of pyridine rings is 1. The number of hydrogen-bond acceptors (Lipinski definition) is 3. The molecule has 0 unspecified atom stereocenters. The minimum absolute atomic E-state index is 0.311. The molecule has 1 aromatic heterocycles. The van der Waals surface area contributed by atoms with Gasteiger partial charge in [-0.2, -0.15) is 5.26 Å². The number of nitrogens with zero attached hydrogens (tertiary/aromatic N) is 3. The molecule has 1 aliphatic heterocycles. The summed E-state index contributed by atoms with van der Waals surface area (Å²) in [6.07, 6.45) is 1.16. The number of rotatable bonds is 1. The molecule has 1 aromatic rings. The highest BCUT2D eigenvalue weighted by Gasteiger charge is 2.24. The van der Waals surface area contributed by atoms with E-state index in [2.05, 4.69) is 4.98 Å². The quantitative estimate of drug-likeness (QED) is 0.613. The predicted molar refractivity (Wildman–Crippen MR) is 56.1 cm³/mol. The fraction of sp³-hybridized carbons (Fsp3) is 0.400. The van der Waals surface area contributed by atoms with Crippen molar-refractivity contribution < 1.29 is 4.39 Å².